The van der Waals surface area contributed by atoms with E-state index < -0.39 is 5.82 Å². The molecule has 4 heterocycles. The van der Waals surface area contributed by atoms with Gasteiger partial charge in [-0.25, -0.2) is 9.07 Å². The number of nitrogens with one attached hydrogen (secondary N) is 2. The van der Waals surface area contributed by atoms with Gasteiger partial charge in [-0.05, 0) is 61.2 Å². The van der Waals surface area contributed by atoms with Gasteiger partial charge in [-0.1, -0.05) is 41.4 Å². The number of aromatic nitrogens is 4. The van der Waals surface area contributed by atoms with Crippen LogP contribution < -0.4 is 10.6 Å². The van der Waals surface area contributed by atoms with E-state index in [4.69, 9.17) is 23.2 Å². The van der Waals surface area contributed by atoms with Crippen LogP contribution >= 0.6 is 34.5 Å². The molecule has 1 aliphatic heterocycles. The first kappa shape index (κ1) is 28.4. The number of fused-ring (bicyclic) bond motifs is 1. The van der Waals surface area contributed by atoms with Gasteiger partial charge in [0.25, 0.3) is 0 Å². The van der Waals surface area contributed by atoms with E-state index in [0.717, 1.165) is 43.0 Å². The van der Waals surface area contributed by atoms with Gasteiger partial charge in [-0.2, -0.15) is 5.26 Å². The van der Waals surface area contributed by atoms with Crippen molar-refractivity contribution in [3.63, 3.8) is 0 Å². The van der Waals surface area contributed by atoms with Crippen molar-refractivity contribution in [2.75, 3.05) is 30.3 Å². The highest BCUT2D eigenvalue weighted by molar-refractivity contribution is 7.10. The molecule has 1 saturated heterocycles. The van der Waals surface area contributed by atoms with E-state index in [9.17, 15) is 9.65 Å². The Hall–Kier alpha value is -3.75. The molecule has 8 nitrogen and oxygen atoms in total. The third-order valence-corrected chi connectivity index (χ3v) is 9.09. The van der Waals surface area contributed by atoms with Gasteiger partial charge in [0.05, 0.1) is 39.1 Å². The van der Waals surface area contributed by atoms with Crippen LogP contribution in [0, 0.1) is 17.1 Å². The summed E-state index contributed by atoms with van der Waals surface area (Å²) in [6, 6.07) is 14.3. The van der Waals surface area contributed by atoms with Crippen LogP contribution in [0.2, 0.25) is 10.0 Å². The van der Waals surface area contributed by atoms with Gasteiger partial charge in [0.1, 0.15) is 23.6 Å². The number of anilines is 3. The van der Waals surface area contributed by atoms with Crippen molar-refractivity contribution in [2.24, 2.45) is 0 Å². The molecule has 0 bridgehead atoms. The Balaban J connectivity index is 1.36. The van der Waals surface area contributed by atoms with Crippen molar-refractivity contribution < 1.29 is 4.39 Å². The van der Waals surface area contributed by atoms with E-state index in [2.05, 4.69) is 49.9 Å². The lowest BCUT2D eigenvalue weighted by Gasteiger charge is -2.30. The molecule has 0 unspecified atom stereocenters. The van der Waals surface area contributed by atoms with Crippen molar-refractivity contribution in [2.45, 2.75) is 31.8 Å². The summed E-state index contributed by atoms with van der Waals surface area (Å²) in [5.41, 5.74) is 3.37. The fourth-order valence-electron chi connectivity index (χ4n) is 5.29. The lowest BCUT2D eigenvalue weighted by atomic mass is 10.1. The van der Waals surface area contributed by atoms with Crippen molar-refractivity contribution in [1.29, 1.82) is 5.26 Å². The first-order chi connectivity index (χ1) is 20.4. The SMILES string of the molecule is CCN1CCC(n2cc([C@@H](Nc3cc(Cl)c4ncc(C#N)c(Nc5ccc(F)c(Cl)c5)c4c3)c3cccs3)nn2)CC1. The molecule has 3 aromatic heterocycles. The highest BCUT2D eigenvalue weighted by Gasteiger charge is 2.25. The minimum absolute atomic E-state index is 0.0278. The lowest BCUT2D eigenvalue weighted by Crippen LogP contribution is -2.34. The number of rotatable bonds is 8. The fourth-order valence-corrected chi connectivity index (χ4v) is 6.53. The number of halogens is 3. The van der Waals surface area contributed by atoms with Gasteiger partial charge in [-0.15, -0.1) is 16.4 Å². The number of thiophene rings is 1. The van der Waals surface area contributed by atoms with Crippen LogP contribution in [0.5, 0.6) is 0 Å². The zero-order valence-electron chi connectivity index (χ0n) is 22.7. The molecule has 0 amide bonds. The van der Waals surface area contributed by atoms with Crippen LogP contribution in [0.4, 0.5) is 21.5 Å². The average Bonchev–Trinajstić information content (AvgIpc) is 3.72. The van der Waals surface area contributed by atoms with Crippen molar-refractivity contribution in [1.82, 2.24) is 24.9 Å². The minimum atomic E-state index is -0.528. The summed E-state index contributed by atoms with van der Waals surface area (Å²) in [5.74, 6) is -0.528. The largest absolute Gasteiger partial charge is 0.372 e. The van der Waals surface area contributed by atoms with Crippen molar-refractivity contribution in [3.8, 4) is 6.07 Å². The van der Waals surface area contributed by atoms with Crippen LogP contribution in [0.25, 0.3) is 10.9 Å². The van der Waals surface area contributed by atoms with Gasteiger partial charge < -0.3 is 15.5 Å². The first-order valence-corrected chi connectivity index (χ1v) is 15.3. The molecule has 42 heavy (non-hydrogen) atoms. The standard InChI is InChI=1S/C30H27Cl2FN8S/c1-2-40-9-7-21(8-10-40)41-17-26(38-39-41)30(27-4-3-11-42-27)37-20-12-22-28(36-19-5-6-25(33)23(31)13-19)18(15-34)16-35-29(22)24(32)14-20/h3-6,11-14,16-17,21,30,37H,2,7-10H2,1H3,(H,35,36)/t30-/m1/s1. The molecule has 1 aliphatic rings. The summed E-state index contributed by atoms with van der Waals surface area (Å²) in [6.07, 6.45) is 5.58. The minimum Gasteiger partial charge on any atom is -0.372 e. The Morgan fingerprint density at radius 2 is 1.95 bits per heavy atom. The third kappa shape index (κ3) is 5.78. The number of pyridine rings is 1. The summed E-state index contributed by atoms with van der Waals surface area (Å²) in [6.45, 7) is 5.36. The molecular weight excluding hydrogens is 594 g/mol. The van der Waals surface area contributed by atoms with Crippen LogP contribution in [0.15, 0.2) is 60.2 Å². The topological polar surface area (TPSA) is 94.7 Å². The molecule has 0 radical (unpaired) electrons. The molecule has 12 heteroatoms. The molecule has 2 aromatic carbocycles. The van der Waals surface area contributed by atoms with Crippen LogP contribution in [-0.4, -0.2) is 44.5 Å². The predicted octanol–water partition coefficient (Wildman–Crippen LogP) is 7.81. The summed E-state index contributed by atoms with van der Waals surface area (Å²) in [4.78, 5) is 7.97. The monoisotopic (exact) mass is 620 g/mol. The highest BCUT2D eigenvalue weighted by Crippen LogP contribution is 2.38. The molecular formula is C30H27Cl2FN8S. The second-order valence-electron chi connectivity index (χ2n) is 10.1. The summed E-state index contributed by atoms with van der Waals surface area (Å²) in [7, 11) is 0. The van der Waals surface area contributed by atoms with E-state index >= 15 is 0 Å². The normalized spacial score (nSPS) is 15.0. The van der Waals surface area contributed by atoms with E-state index in [1.54, 1.807) is 17.4 Å². The van der Waals surface area contributed by atoms with Gasteiger partial charge in [0, 0.05) is 40.9 Å². The van der Waals surface area contributed by atoms with E-state index in [-0.39, 0.29) is 11.1 Å². The number of hydrogen-bond acceptors (Lipinski definition) is 8. The van der Waals surface area contributed by atoms with Gasteiger partial charge in [0.2, 0.25) is 0 Å². The number of piperidine rings is 1. The zero-order chi connectivity index (χ0) is 29.2. The number of hydrogen-bond donors (Lipinski definition) is 2. The van der Waals surface area contributed by atoms with Gasteiger partial charge in [0.15, 0.2) is 0 Å². The lowest BCUT2D eigenvalue weighted by molar-refractivity contribution is 0.186. The highest BCUT2D eigenvalue weighted by atomic mass is 35.5. The average molecular weight is 622 g/mol. The summed E-state index contributed by atoms with van der Waals surface area (Å²) < 4.78 is 15.8. The fraction of sp³-hybridized carbons (Fsp3) is 0.267. The Labute approximate surface area is 256 Å². The number of benzene rings is 2. The van der Waals surface area contributed by atoms with Crippen LogP contribution in [0.3, 0.4) is 0 Å². The number of nitrogens with zero attached hydrogens (tertiary/aromatic N) is 6. The second kappa shape index (κ2) is 12.2. The zero-order valence-corrected chi connectivity index (χ0v) is 25.0. The van der Waals surface area contributed by atoms with Crippen LogP contribution in [0.1, 0.15) is 48.0 Å². The smallest absolute Gasteiger partial charge is 0.141 e. The van der Waals surface area contributed by atoms with Crippen molar-refractivity contribution >= 4 is 62.5 Å². The molecule has 1 atom stereocenters. The summed E-state index contributed by atoms with van der Waals surface area (Å²) >= 11 is 14.4. The van der Waals surface area contributed by atoms with Crippen LogP contribution in [-0.2, 0) is 0 Å². The van der Waals surface area contributed by atoms with E-state index in [0.29, 0.717) is 44.6 Å². The Bertz CT molecular complexity index is 1760. The Morgan fingerprint density at radius 1 is 1.14 bits per heavy atom. The molecule has 1 fully saturated rings. The number of likely N-dealkylation sites (tertiary alicyclic amines) is 1. The Kier molecular flexibility index (Phi) is 8.27. The maximum Gasteiger partial charge on any atom is 0.141 e. The molecule has 0 spiro atoms. The first-order valence-electron chi connectivity index (χ1n) is 13.6. The van der Waals surface area contributed by atoms with Gasteiger partial charge >= 0.3 is 0 Å². The Morgan fingerprint density at radius 3 is 2.67 bits per heavy atom. The van der Waals surface area contributed by atoms with E-state index in [1.807, 2.05) is 34.5 Å². The molecule has 0 aliphatic carbocycles. The predicted molar refractivity (Wildman–Crippen MR) is 166 cm³/mol. The molecule has 6 rings (SSSR count). The van der Waals surface area contributed by atoms with E-state index in [1.165, 1.54) is 18.3 Å². The second-order valence-corrected chi connectivity index (χ2v) is 11.9. The molecule has 5 aromatic rings. The summed E-state index contributed by atoms with van der Waals surface area (Å²) in [5, 5.41) is 28.8. The maximum atomic E-state index is 13.8. The number of nitriles is 1. The maximum absolute atomic E-state index is 13.8. The quantitative estimate of drug-likeness (QED) is 0.183. The van der Waals surface area contributed by atoms with Gasteiger partial charge in [-0.3, -0.25) is 4.98 Å². The third-order valence-electron chi connectivity index (χ3n) is 7.58. The van der Waals surface area contributed by atoms with Crippen molar-refractivity contribution in [3.05, 3.63) is 92.2 Å². The molecule has 2 N–H and O–H groups in total. The molecule has 214 valence electrons. The molecule has 0 saturated carbocycles.